The summed E-state index contributed by atoms with van der Waals surface area (Å²) in [6, 6.07) is 8.06. The minimum absolute atomic E-state index is 0.259. The number of rotatable bonds is 5. The summed E-state index contributed by atoms with van der Waals surface area (Å²) in [6.07, 6.45) is 4.43. The number of ether oxygens (including phenoxy) is 1. The van der Waals surface area contributed by atoms with E-state index >= 15 is 0 Å². The number of hydrogen-bond acceptors (Lipinski definition) is 6. The lowest BCUT2D eigenvalue weighted by Crippen LogP contribution is -2.41. The Hall–Kier alpha value is -3.42. The third-order valence-corrected chi connectivity index (χ3v) is 5.55. The predicted molar refractivity (Wildman–Crippen MR) is 115 cm³/mol. The molecule has 1 aliphatic heterocycles. The number of pyridine rings is 1. The van der Waals surface area contributed by atoms with E-state index in [-0.39, 0.29) is 5.92 Å². The first kappa shape index (κ1) is 19.9. The van der Waals surface area contributed by atoms with Gasteiger partial charge >= 0.3 is 6.09 Å². The molecule has 1 aliphatic rings. The SMILES string of the molecule is COc1ccc(-c2cc(C)c3ncnc(N4CCC[C@@H](CNC(=O)O)C4)c3c2)cn1. The van der Waals surface area contributed by atoms with Crippen molar-refractivity contribution in [2.45, 2.75) is 19.8 Å². The fraction of sp³-hybridized carbons (Fsp3) is 0.364. The van der Waals surface area contributed by atoms with Crippen molar-refractivity contribution in [3.63, 3.8) is 0 Å². The van der Waals surface area contributed by atoms with E-state index in [0.717, 1.165) is 59.3 Å². The lowest BCUT2D eigenvalue weighted by atomic mass is 9.97. The van der Waals surface area contributed by atoms with Gasteiger partial charge in [-0.2, -0.15) is 0 Å². The molecule has 0 spiro atoms. The smallest absolute Gasteiger partial charge is 0.404 e. The maximum absolute atomic E-state index is 10.9. The lowest BCUT2D eigenvalue weighted by molar-refractivity contribution is 0.191. The first-order valence-electron chi connectivity index (χ1n) is 10.0. The van der Waals surface area contributed by atoms with Crippen LogP contribution in [0, 0.1) is 12.8 Å². The molecule has 3 aromatic rings. The minimum atomic E-state index is -0.979. The zero-order valence-corrected chi connectivity index (χ0v) is 17.1. The fourth-order valence-corrected chi connectivity index (χ4v) is 4.08. The number of amides is 1. The number of nitrogens with zero attached hydrogens (tertiary/aromatic N) is 4. The summed E-state index contributed by atoms with van der Waals surface area (Å²) in [5, 5.41) is 12.4. The van der Waals surface area contributed by atoms with Crippen LogP contribution in [0.1, 0.15) is 18.4 Å². The van der Waals surface area contributed by atoms with Gasteiger partial charge in [0.25, 0.3) is 0 Å². The van der Waals surface area contributed by atoms with Crippen molar-refractivity contribution in [1.82, 2.24) is 20.3 Å². The van der Waals surface area contributed by atoms with Gasteiger partial charge in [0, 0.05) is 42.8 Å². The average Bonchev–Trinajstić information content (AvgIpc) is 2.77. The van der Waals surface area contributed by atoms with Crippen LogP contribution in [0.5, 0.6) is 5.88 Å². The molecule has 0 aliphatic carbocycles. The van der Waals surface area contributed by atoms with Gasteiger partial charge in [0.05, 0.1) is 12.6 Å². The van der Waals surface area contributed by atoms with Gasteiger partial charge in [-0.1, -0.05) is 0 Å². The van der Waals surface area contributed by atoms with Gasteiger partial charge < -0.3 is 20.1 Å². The van der Waals surface area contributed by atoms with Crippen LogP contribution < -0.4 is 15.0 Å². The van der Waals surface area contributed by atoms with Crippen molar-refractivity contribution >= 4 is 22.8 Å². The number of piperidine rings is 1. The fourth-order valence-electron chi connectivity index (χ4n) is 4.08. The molecule has 0 saturated carbocycles. The molecule has 1 saturated heterocycles. The maximum atomic E-state index is 10.9. The van der Waals surface area contributed by atoms with Crippen LogP contribution >= 0.6 is 0 Å². The molecular weight excluding hydrogens is 382 g/mol. The van der Waals surface area contributed by atoms with Gasteiger partial charge in [0.15, 0.2) is 0 Å². The monoisotopic (exact) mass is 407 g/mol. The molecule has 156 valence electrons. The zero-order chi connectivity index (χ0) is 21.1. The highest BCUT2D eigenvalue weighted by atomic mass is 16.5. The highest BCUT2D eigenvalue weighted by molar-refractivity contribution is 5.95. The molecule has 0 bridgehead atoms. The Morgan fingerprint density at radius 2 is 2.13 bits per heavy atom. The third-order valence-electron chi connectivity index (χ3n) is 5.55. The average molecular weight is 407 g/mol. The van der Waals surface area contributed by atoms with Crippen LogP contribution in [0.25, 0.3) is 22.0 Å². The number of aromatic nitrogens is 3. The summed E-state index contributed by atoms with van der Waals surface area (Å²) in [5.41, 5.74) is 4.05. The predicted octanol–water partition coefficient (Wildman–Crippen LogP) is 3.49. The Balaban J connectivity index is 1.69. The minimum Gasteiger partial charge on any atom is -0.481 e. The van der Waals surface area contributed by atoms with Crippen LogP contribution in [-0.2, 0) is 0 Å². The highest BCUT2D eigenvalue weighted by Gasteiger charge is 2.23. The number of benzene rings is 1. The van der Waals surface area contributed by atoms with E-state index in [4.69, 9.17) is 9.84 Å². The first-order valence-corrected chi connectivity index (χ1v) is 10.0. The van der Waals surface area contributed by atoms with Gasteiger partial charge in [0.2, 0.25) is 5.88 Å². The van der Waals surface area contributed by atoms with Crippen molar-refractivity contribution in [3.8, 4) is 17.0 Å². The molecule has 30 heavy (non-hydrogen) atoms. The molecule has 1 fully saturated rings. The van der Waals surface area contributed by atoms with E-state index in [0.29, 0.717) is 12.4 Å². The molecule has 3 heterocycles. The van der Waals surface area contributed by atoms with Crippen molar-refractivity contribution in [1.29, 1.82) is 0 Å². The van der Waals surface area contributed by atoms with Gasteiger partial charge in [-0.3, -0.25) is 0 Å². The summed E-state index contributed by atoms with van der Waals surface area (Å²) in [7, 11) is 1.60. The topological polar surface area (TPSA) is 100 Å². The van der Waals surface area contributed by atoms with E-state index in [1.165, 1.54) is 0 Å². The summed E-state index contributed by atoms with van der Waals surface area (Å²) in [6.45, 7) is 4.16. The summed E-state index contributed by atoms with van der Waals surface area (Å²) < 4.78 is 5.16. The number of nitrogens with one attached hydrogen (secondary N) is 1. The molecule has 8 heteroatoms. The molecule has 1 aromatic carbocycles. The van der Waals surface area contributed by atoms with E-state index in [9.17, 15) is 4.79 Å². The van der Waals surface area contributed by atoms with Crippen LogP contribution in [-0.4, -0.2) is 52.9 Å². The Bertz CT molecular complexity index is 1050. The van der Waals surface area contributed by atoms with Crippen molar-refractivity contribution in [2.75, 3.05) is 31.6 Å². The molecule has 2 aromatic heterocycles. The Labute approximate surface area is 174 Å². The molecular formula is C22H25N5O3. The largest absolute Gasteiger partial charge is 0.481 e. The molecule has 0 radical (unpaired) electrons. The Morgan fingerprint density at radius 3 is 2.87 bits per heavy atom. The number of hydrogen-bond donors (Lipinski definition) is 2. The summed E-state index contributed by atoms with van der Waals surface area (Å²) >= 11 is 0. The van der Waals surface area contributed by atoms with E-state index in [2.05, 4.69) is 44.2 Å². The van der Waals surface area contributed by atoms with Crippen molar-refractivity contribution < 1.29 is 14.6 Å². The second-order valence-electron chi connectivity index (χ2n) is 7.62. The molecule has 2 N–H and O–H groups in total. The van der Waals surface area contributed by atoms with Crippen molar-refractivity contribution in [2.24, 2.45) is 5.92 Å². The second-order valence-corrected chi connectivity index (χ2v) is 7.62. The Kier molecular flexibility index (Phi) is 5.65. The van der Waals surface area contributed by atoms with Crippen molar-refractivity contribution in [3.05, 3.63) is 42.4 Å². The van der Waals surface area contributed by atoms with E-state index < -0.39 is 6.09 Å². The number of carbonyl (C=O) groups is 1. The van der Waals surface area contributed by atoms with Crippen LogP contribution in [0.2, 0.25) is 0 Å². The number of anilines is 1. The molecule has 1 amide bonds. The van der Waals surface area contributed by atoms with Gasteiger partial charge in [0.1, 0.15) is 12.1 Å². The summed E-state index contributed by atoms with van der Waals surface area (Å²) in [5.74, 6) is 1.73. The molecule has 4 rings (SSSR count). The van der Waals surface area contributed by atoms with E-state index in [1.54, 1.807) is 19.6 Å². The van der Waals surface area contributed by atoms with Gasteiger partial charge in [-0.15, -0.1) is 0 Å². The second kappa shape index (κ2) is 8.52. The van der Waals surface area contributed by atoms with Gasteiger partial charge in [-0.05, 0) is 55.0 Å². The molecule has 8 nitrogen and oxygen atoms in total. The lowest BCUT2D eigenvalue weighted by Gasteiger charge is -2.34. The molecule has 0 unspecified atom stereocenters. The maximum Gasteiger partial charge on any atom is 0.404 e. The van der Waals surface area contributed by atoms with Crippen LogP contribution in [0.3, 0.4) is 0 Å². The standard InChI is InChI=1S/C22H25N5O3/c1-14-8-17(16-5-6-19(30-2)23-11-16)9-18-20(14)25-13-26-21(18)27-7-3-4-15(12-27)10-24-22(28)29/h5-6,8-9,11,13,15,24H,3-4,7,10,12H2,1-2H3,(H,28,29)/t15-/m0/s1. The zero-order valence-electron chi connectivity index (χ0n) is 17.1. The third kappa shape index (κ3) is 4.12. The number of methoxy groups -OCH3 is 1. The highest BCUT2D eigenvalue weighted by Crippen LogP contribution is 2.33. The van der Waals surface area contributed by atoms with Crippen LogP contribution in [0.4, 0.5) is 10.6 Å². The number of carboxylic acid groups (broad SMARTS) is 1. The van der Waals surface area contributed by atoms with Crippen LogP contribution in [0.15, 0.2) is 36.8 Å². The Morgan fingerprint density at radius 1 is 1.27 bits per heavy atom. The number of aryl methyl sites for hydroxylation is 1. The van der Waals surface area contributed by atoms with Gasteiger partial charge in [-0.25, -0.2) is 19.7 Å². The normalized spacial score (nSPS) is 16.5. The number of fused-ring (bicyclic) bond motifs is 1. The molecule has 1 atom stereocenters. The van der Waals surface area contributed by atoms with E-state index in [1.807, 2.05) is 12.1 Å². The summed E-state index contributed by atoms with van der Waals surface area (Å²) in [4.78, 5) is 26.5. The quantitative estimate of drug-likeness (QED) is 0.668. The first-order chi connectivity index (χ1) is 14.5.